The number of ether oxygens (including phenoxy) is 3. The van der Waals surface area contributed by atoms with Crippen molar-refractivity contribution in [3.05, 3.63) is 101 Å². The zero-order chi connectivity index (χ0) is 38.3. The van der Waals surface area contributed by atoms with Crippen molar-refractivity contribution in [1.82, 2.24) is 19.9 Å². The van der Waals surface area contributed by atoms with Gasteiger partial charge in [-0.3, -0.25) is 4.90 Å². The van der Waals surface area contributed by atoms with Gasteiger partial charge in [-0.25, -0.2) is 19.7 Å². The number of morpholine rings is 1. The van der Waals surface area contributed by atoms with Crippen molar-refractivity contribution >= 4 is 35.1 Å². The number of anilines is 5. The van der Waals surface area contributed by atoms with E-state index in [1.807, 2.05) is 49.6 Å². The Kier molecular flexibility index (Phi) is 11.6. The van der Waals surface area contributed by atoms with E-state index < -0.39 is 0 Å². The molecule has 2 aromatic heterocycles. The Morgan fingerprint density at radius 2 is 1.44 bits per heavy atom. The molecule has 0 aliphatic carbocycles. The lowest BCUT2D eigenvalue weighted by molar-refractivity contribution is 0.122. The maximum atomic E-state index is 14.0. The van der Waals surface area contributed by atoms with Crippen LogP contribution in [0, 0.1) is 6.92 Å². The minimum Gasteiger partial charge on any atom is -0.497 e. The number of rotatable bonds is 13. The highest BCUT2D eigenvalue weighted by atomic mass is 16.5. The third-order valence-corrected chi connectivity index (χ3v) is 10.2. The molecule has 7 rings (SSSR count). The average Bonchev–Trinajstić information content (AvgIpc) is 3.67. The molecule has 0 radical (unpaired) electrons. The lowest BCUT2D eigenvalue weighted by Crippen LogP contribution is -2.38. The van der Waals surface area contributed by atoms with E-state index in [4.69, 9.17) is 34.1 Å². The molecule has 3 aromatic carbocycles. The van der Waals surface area contributed by atoms with E-state index in [0.29, 0.717) is 70.1 Å². The summed E-state index contributed by atoms with van der Waals surface area (Å²) >= 11 is 0. The number of aryl methyl sites for hydroxylation is 1. The summed E-state index contributed by atoms with van der Waals surface area (Å²) in [6, 6.07) is 22.0. The second-order valence-electron chi connectivity index (χ2n) is 13.6. The normalized spacial score (nSPS) is 13.7. The van der Waals surface area contributed by atoms with Gasteiger partial charge >= 0.3 is 6.03 Å². The van der Waals surface area contributed by atoms with Crippen LogP contribution in [-0.2, 0) is 24.2 Å². The van der Waals surface area contributed by atoms with Gasteiger partial charge in [-0.1, -0.05) is 24.3 Å². The second-order valence-corrected chi connectivity index (χ2v) is 13.6. The SMILES string of the molecule is CCN(CC)c1ccc(NC(=O)N2CCc3c(-c4cnc(N(Cc5ccc(OC)cc5)Cc5ccc(OC)cc5)nc4)nc(N4CCOCC4)nc32)c(C)c1. The fourth-order valence-electron chi connectivity index (χ4n) is 7.05. The molecule has 1 N–H and O–H groups in total. The smallest absolute Gasteiger partial charge is 0.327 e. The molecule has 0 atom stereocenters. The first-order chi connectivity index (χ1) is 26.9. The van der Waals surface area contributed by atoms with Crippen molar-refractivity contribution in [2.75, 3.05) is 85.1 Å². The second kappa shape index (κ2) is 17.0. The van der Waals surface area contributed by atoms with Gasteiger partial charge in [0.1, 0.15) is 17.3 Å². The Morgan fingerprint density at radius 1 is 0.818 bits per heavy atom. The summed E-state index contributed by atoms with van der Waals surface area (Å²) in [5.74, 6) is 3.34. The third-order valence-electron chi connectivity index (χ3n) is 10.2. The maximum absolute atomic E-state index is 14.0. The summed E-state index contributed by atoms with van der Waals surface area (Å²) in [6.45, 7) is 12.3. The molecule has 4 heterocycles. The lowest BCUT2D eigenvalue weighted by atomic mass is 10.1. The number of hydrogen-bond donors (Lipinski definition) is 1. The molecule has 1 saturated heterocycles. The minimum atomic E-state index is -0.227. The van der Waals surface area contributed by atoms with E-state index in [2.05, 4.69) is 70.3 Å². The Bertz CT molecular complexity index is 2020. The van der Waals surface area contributed by atoms with Crippen molar-refractivity contribution in [2.45, 2.75) is 40.3 Å². The quantitative estimate of drug-likeness (QED) is 0.138. The molecule has 0 unspecified atom stereocenters. The van der Waals surface area contributed by atoms with E-state index in [-0.39, 0.29) is 6.03 Å². The zero-order valence-corrected chi connectivity index (χ0v) is 32.3. The summed E-state index contributed by atoms with van der Waals surface area (Å²) in [7, 11) is 3.33. The average molecular weight is 744 g/mol. The van der Waals surface area contributed by atoms with E-state index >= 15 is 0 Å². The van der Waals surface area contributed by atoms with Gasteiger partial charge in [-0.15, -0.1) is 0 Å². The third kappa shape index (κ3) is 8.41. The summed E-state index contributed by atoms with van der Waals surface area (Å²) in [5, 5.41) is 3.16. The summed E-state index contributed by atoms with van der Waals surface area (Å²) < 4.78 is 16.4. The van der Waals surface area contributed by atoms with Gasteiger partial charge in [0.05, 0.1) is 33.1 Å². The predicted octanol–water partition coefficient (Wildman–Crippen LogP) is 6.74. The minimum absolute atomic E-state index is 0.227. The molecule has 13 heteroatoms. The van der Waals surface area contributed by atoms with Gasteiger partial charge in [0.25, 0.3) is 0 Å². The molecule has 0 spiro atoms. The number of nitrogens with one attached hydrogen (secondary N) is 1. The number of carbonyl (C=O) groups is 1. The van der Waals surface area contributed by atoms with Gasteiger partial charge in [-0.2, -0.15) is 4.98 Å². The van der Waals surface area contributed by atoms with Gasteiger partial charge in [-0.05, 0) is 86.3 Å². The van der Waals surface area contributed by atoms with Crippen LogP contribution in [0.3, 0.4) is 0 Å². The highest BCUT2D eigenvalue weighted by Crippen LogP contribution is 2.36. The van der Waals surface area contributed by atoms with Gasteiger partial charge in [0.2, 0.25) is 11.9 Å². The lowest BCUT2D eigenvalue weighted by Gasteiger charge is -2.28. The molecule has 286 valence electrons. The van der Waals surface area contributed by atoms with Crippen molar-refractivity contribution in [2.24, 2.45) is 0 Å². The number of fused-ring (bicyclic) bond motifs is 1. The van der Waals surface area contributed by atoms with Crippen molar-refractivity contribution in [3.63, 3.8) is 0 Å². The Labute approximate surface area is 322 Å². The summed E-state index contributed by atoms with van der Waals surface area (Å²) in [5.41, 5.74) is 7.48. The number of hydrogen-bond acceptors (Lipinski definition) is 11. The Balaban J connectivity index is 1.19. The molecule has 0 saturated carbocycles. The number of methoxy groups -OCH3 is 2. The van der Waals surface area contributed by atoms with Crippen molar-refractivity contribution in [3.8, 4) is 22.8 Å². The van der Waals surface area contributed by atoms with Crippen LogP contribution in [0.2, 0.25) is 0 Å². The fourth-order valence-corrected chi connectivity index (χ4v) is 7.05. The first kappa shape index (κ1) is 37.4. The highest BCUT2D eigenvalue weighted by Gasteiger charge is 2.32. The number of benzene rings is 3. The molecule has 5 aromatic rings. The molecule has 1 fully saturated rings. The predicted molar refractivity (Wildman–Crippen MR) is 217 cm³/mol. The fraction of sp³-hybridized carbons (Fsp3) is 0.357. The van der Waals surface area contributed by atoms with Crippen LogP contribution in [0.15, 0.2) is 79.1 Å². The van der Waals surface area contributed by atoms with Crippen LogP contribution in [0.4, 0.5) is 33.9 Å². The van der Waals surface area contributed by atoms with Crippen LogP contribution in [0.1, 0.15) is 36.1 Å². The van der Waals surface area contributed by atoms with E-state index in [9.17, 15) is 4.79 Å². The van der Waals surface area contributed by atoms with Crippen LogP contribution < -0.4 is 34.4 Å². The Morgan fingerprint density at radius 3 is 2.00 bits per heavy atom. The molecule has 55 heavy (non-hydrogen) atoms. The monoisotopic (exact) mass is 743 g/mol. The number of urea groups is 1. The van der Waals surface area contributed by atoms with Gasteiger partial charge < -0.3 is 34.2 Å². The van der Waals surface area contributed by atoms with Crippen molar-refractivity contribution in [1.29, 1.82) is 0 Å². The number of aromatic nitrogens is 4. The molecule has 2 aliphatic heterocycles. The Hall–Kier alpha value is -5.95. The number of amides is 2. The van der Waals surface area contributed by atoms with E-state index in [1.54, 1.807) is 19.1 Å². The van der Waals surface area contributed by atoms with Crippen LogP contribution in [0.5, 0.6) is 11.5 Å². The molecule has 13 nitrogen and oxygen atoms in total. The summed E-state index contributed by atoms with van der Waals surface area (Å²) in [6.07, 6.45) is 4.25. The topological polar surface area (TPSA) is 121 Å². The van der Waals surface area contributed by atoms with Crippen molar-refractivity contribution < 1.29 is 19.0 Å². The highest BCUT2D eigenvalue weighted by molar-refractivity contribution is 6.03. The zero-order valence-electron chi connectivity index (χ0n) is 32.3. The molecule has 2 amide bonds. The number of carbonyl (C=O) groups excluding carboxylic acids is 1. The summed E-state index contributed by atoms with van der Waals surface area (Å²) in [4.78, 5) is 42.1. The standard InChI is InChI=1S/C42H49N9O4/c1-6-48(7-2)33-12-17-37(29(3)24-33)45-42(52)51-19-18-36-38(46-41(47-39(36)51)49-20-22-55-23-21-49)32-25-43-40(44-26-32)50(27-30-8-13-34(53-4)14-9-30)28-31-10-15-35(54-5)16-11-31/h8-17,24-26H,6-7,18-23,27-28H2,1-5H3,(H,45,52). The first-order valence-electron chi connectivity index (χ1n) is 18.9. The van der Waals surface area contributed by atoms with E-state index in [1.165, 1.54) is 0 Å². The maximum Gasteiger partial charge on any atom is 0.327 e. The molecular formula is C42H49N9O4. The number of nitrogens with zero attached hydrogens (tertiary/aromatic N) is 8. The van der Waals surface area contributed by atoms with Gasteiger partial charge in [0, 0.05) is 80.7 Å². The van der Waals surface area contributed by atoms with Crippen LogP contribution in [-0.4, -0.2) is 86.1 Å². The van der Waals surface area contributed by atoms with E-state index in [0.717, 1.165) is 69.5 Å². The molecular weight excluding hydrogens is 695 g/mol. The molecule has 0 bridgehead atoms. The van der Waals surface area contributed by atoms with Crippen LogP contribution >= 0.6 is 0 Å². The van der Waals surface area contributed by atoms with Crippen LogP contribution in [0.25, 0.3) is 11.3 Å². The van der Waals surface area contributed by atoms with Gasteiger partial charge in [0.15, 0.2) is 0 Å². The molecule has 2 aliphatic rings. The largest absolute Gasteiger partial charge is 0.497 e. The first-order valence-corrected chi connectivity index (χ1v) is 18.9.